The highest BCUT2D eigenvalue weighted by atomic mass is 28.4. The Hall–Kier alpha value is -0.246. The zero-order valence-corrected chi connectivity index (χ0v) is 38.5. The molecule has 4 atom stereocenters. The fourth-order valence-corrected chi connectivity index (χ4v) is 9.36. The summed E-state index contributed by atoms with van der Waals surface area (Å²) in [7, 11) is 4.29. The highest BCUT2D eigenvalue weighted by Gasteiger charge is 2.37. The number of aliphatic hydroxyl groups is 3. The minimum atomic E-state index is -2.64. The van der Waals surface area contributed by atoms with Gasteiger partial charge in [0.2, 0.25) is 0 Å². The maximum atomic E-state index is 10.8. The van der Waals surface area contributed by atoms with Crippen LogP contribution in [0.4, 0.5) is 0 Å². The molecular formula is C37H85N5O12Si2. The van der Waals surface area contributed by atoms with Crippen molar-refractivity contribution in [2.75, 3.05) is 154 Å². The van der Waals surface area contributed by atoms with Crippen LogP contribution in [0.3, 0.4) is 0 Å². The molecule has 17 nitrogen and oxygen atoms in total. The zero-order valence-electron chi connectivity index (χ0n) is 36.5. The Morgan fingerprint density at radius 2 is 0.946 bits per heavy atom. The first-order valence-electron chi connectivity index (χ1n) is 20.8. The molecule has 19 heteroatoms. The van der Waals surface area contributed by atoms with E-state index in [2.05, 4.69) is 40.0 Å². The molecule has 0 aliphatic carbocycles. The molecule has 0 fully saturated rings. The van der Waals surface area contributed by atoms with E-state index in [1.165, 1.54) is 19.3 Å². The number of ether oxygens (including phenoxy) is 3. The van der Waals surface area contributed by atoms with Gasteiger partial charge in [0.15, 0.2) is 0 Å². The third-order valence-corrected chi connectivity index (χ3v) is 15.3. The molecule has 0 saturated carbocycles. The average Bonchev–Trinajstić information content (AvgIpc) is 3.21. The molecule has 0 saturated heterocycles. The van der Waals surface area contributed by atoms with Gasteiger partial charge in [-0.15, -0.1) is 0 Å². The predicted molar refractivity (Wildman–Crippen MR) is 224 cm³/mol. The Balaban J connectivity index is 4.46. The lowest BCUT2D eigenvalue weighted by Crippen LogP contribution is -2.44. The molecule has 0 rings (SSSR count). The van der Waals surface area contributed by atoms with Crippen LogP contribution < -0.4 is 21.3 Å². The molecule has 0 aromatic heterocycles. The maximum absolute atomic E-state index is 10.8. The highest BCUT2D eigenvalue weighted by molar-refractivity contribution is 6.60. The van der Waals surface area contributed by atoms with Crippen molar-refractivity contribution in [1.29, 1.82) is 0 Å². The van der Waals surface area contributed by atoms with Crippen molar-refractivity contribution in [2.24, 2.45) is 5.92 Å². The summed E-state index contributed by atoms with van der Waals surface area (Å²) in [6.45, 7) is 14.2. The fraction of sp³-hybridized carbons (Fsp3) is 1.00. The van der Waals surface area contributed by atoms with Gasteiger partial charge in [0.1, 0.15) is 0 Å². The van der Waals surface area contributed by atoms with Gasteiger partial charge in [0.25, 0.3) is 0 Å². The molecule has 4 unspecified atom stereocenters. The Kier molecular flexibility index (Phi) is 37.6. The largest absolute Gasteiger partial charge is 0.500 e. The molecule has 0 aliphatic rings. The van der Waals surface area contributed by atoms with Crippen LogP contribution in [0.1, 0.15) is 52.4 Å². The fourth-order valence-electron chi connectivity index (χ4n) is 5.98. The van der Waals surface area contributed by atoms with Crippen molar-refractivity contribution in [3.63, 3.8) is 0 Å². The molecule has 56 heavy (non-hydrogen) atoms. The molecule has 0 heterocycles. The Labute approximate surface area is 342 Å². The van der Waals surface area contributed by atoms with Crippen molar-refractivity contribution in [2.45, 2.75) is 82.8 Å². The quantitative estimate of drug-likeness (QED) is 0.0331. The van der Waals surface area contributed by atoms with E-state index in [0.717, 1.165) is 52.3 Å². The van der Waals surface area contributed by atoms with E-state index < -0.39 is 35.9 Å². The molecule has 338 valence electrons. The van der Waals surface area contributed by atoms with Crippen LogP contribution in [0.2, 0.25) is 12.1 Å². The number of unbranched alkanes of at least 4 members (excludes halogenated alkanes) is 1. The summed E-state index contributed by atoms with van der Waals surface area (Å²) in [6, 6.07) is 1.27. The van der Waals surface area contributed by atoms with Crippen LogP contribution in [-0.2, 0) is 40.8 Å². The van der Waals surface area contributed by atoms with Crippen molar-refractivity contribution in [1.82, 2.24) is 26.2 Å². The summed E-state index contributed by atoms with van der Waals surface area (Å²) in [4.78, 5) is 2.19. The summed E-state index contributed by atoms with van der Waals surface area (Å²) in [6.07, 6.45) is 4.34. The van der Waals surface area contributed by atoms with Gasteiger partial charge in [-0.3, -0.25) is 4.90 Å². The van der Waals surface area contributed by atoms with Crippen LogP contribution in [0.25, 0.3) is 0 Å². The lowest BCUT2D eigenvalue weighted by Gasteiger charge is -2.26. The topological polar surface area (TPSA) is 195 Å². The summed E-state index contributed by atoms with van der Waals surface area (Å²) < 4.78 is 49.9. The second-order valence-corrected chi connectivity index (χ2v) is 20.3. The number of hydrogen-bond donors (Lipinski definition) is 7. The molecule has 0 aromatic rings. The van der Waals surface area contributed by atoms with Gasteiger partial charge in [-0.1, -0.05) is 33.1 Å². The molecule has 0 amide bonds. The average molecular weight is 848 g/mol. The smallest absolute Gasteiger partial charge is 0.389 e. The van der Waals surface area contributed by atoms with Crippen LogP contribution in [-0.4, -0.2) is 210 Å². The molecular weight excluding hydrogens is 763 g/mol. The first-order valence-corrected chi connectivity index (χ1v) is 24.6. The third kappa shape index (κ3) is 29.1. The van der Waals surface area contributed by atoms with Gasteiger partial charge in [-0.2, -0.15) is 0 Å². The van der Waals surface area contributed by atoms with E-state index in [4.69, 9.17) is 40.8 Å². The van der Waals surface area contributed by atoms with E-state index in [-0.39, 0.29) is 13.2 Å². The summed E-state index contributed by atoms with van der Waals surface area (Å²) in [5.41, 5.74) is 0. The van der Waals surface area contributed by atoms with Crippen LogP contribution >= 0.6 is 0 Å². The normalized spacial score (nSPS) is 14.8. The van der Waals surface area contributed by atoms with Crippen molar-refractivity contribution >= 4 is 17.6 Å². The summed E-state index contributed by atoms with van der Waals surface area (Å²) in [5.74, 6) is 0.577. The molecule has 0 radical (unpaired) electrons. The standard InChI is InChI=1S/C37H85N5O12Si2/c1-9-11-14-34(10-2)30-54-32-36(44)27-40-18-17-38-15-16-39-19-21-42(29-37(45)33-53-24-13-26-56(49-6,50-7)51-8)22-20-41-28-35(43)31-52-23-12-25-55(46-3,47-4)48-5/h34-41,43-45H,9-33H2,1-8H3. The number of hydrogen-bond acceptors (Lipinski definition) is 17. The van der Waals surface area contributed by atoms with Crippen molar-refractivity contribution in [3.05, 3.63) is 0 Å². The number of rotatable bonds is 44. The van der Waals surface area contributed by atoms with E-state index in [9.17, 15) is 15.3 Å². The number of nitrogens with zero attached hydrogens (tertiary/aromatic N) is 1. The lowest BCUT2D eigenvalue weighted by molar-refractivity contribution is 0.0152. The monoisotopic (exact) mass is 848 g/mol. The van der Waals surface area contributed by atoms with Crippen LogP contribution in [0, 0.1) is 5.92 Å². The Bertz CT molecular complexity index is 830. The van der Waals surface area contributed by atoms with Gasteiger partial charge < -0.3 is 77.4 Å². The molecule has 0 aliphatic heterocycles. The van der Waals surface area contributed by atoms with Gasteiger partial charge in [0.05, 0.1) is 38.1 Å². The van der Waals surface area contributed by atoms with Gasteiger partial charge >= 0.3 is 17.6 Å². The maximum Gasteiger partial charge on any atom is 0.500 e. The van der Waals surface area contributed by atoms with Crippen LogP contribution in [0.5, 0.6) is 0 Å². The Morgan fingerprint density at radius 3 is 1.43 bits per heavy atom. The predicted octanol–water partition coefficient (Wildman–Crippen LogP) is 0.532. The first kappa shape index (κ1) is 55.8. The zero-order chi connectivity index (χ0) is 41.8. The third-order valence-electron chi connectivity index (χ3n) is 9.63. The molecule has 7 N–H and O–H groups in total. The van der Waals surface area contributed by atoms with E-state index >= 15 is 0 Å². The van der Waals surface area contributed by atoms with Gasteiger partial charge in [-0.05, 0) is 25.2 Å². The second-order valence-electron chi connectivity index (χ2n) is 14.1. The van der Waals surface area contributed by atoms with Crippen molar-refractivity contribution in [3.8, 4) is 0 Å². The summed E-state index contributed by atoms with van der Waals surface area (Å²) in [5, 5.41) is 44.9. The van der Waals surface area contributed by atoms with E-state index in [1.807, 2.05) is 0 Å². The molecule has 0 bridgehead atoms. The van der Waals surface area contributed by atoms with E-state index in [0.29, 0.717) is 83.4 Å². The number of aliphatic hydroxyl groups excluding tert-OH is 3. The minimum absolute atomic E-state index is 0.220. The van der Waals surface area contributed by atoms with Crippen LogP contribution in [0.15, 0.2) is 0 Å². The first-order chi connectivity index (χ1) is 27.1. The SMILES string of the molecule is CCCCC(CC)COCC(O)CNCCNCCNCCN(CCNCC(O)COCCC[Si](OC)(OC)OC)CC(O)COCCC[Si](OC)(OC)OC. The number of nitrogens with one attached hydrogen (secondary N) is 4. The van der Waals surface area contributed by atoms with Gasteiger partial charge in [0, 0.05) is 147 Å². The highest BCUT2D eigenvalue weighted by Crippen LogP contribution is 2.16. The molecule has 0 aromatic carbocycles. The van der Waals surface area contributed by atoms with E-state index in [1.54, 1.807) is 42.7 Å². The lowest BCUT2D eigenvalue weighted by atomic mass is 10.0. The second kappa shape index (κ2) is 37.7. The van der Waals surface area contributed by atoms with Crippen molar-refractivity contribution < 1.29 is 56.1 Å². The molecule has 0 spiro atoms. The summed E-state index contributed by atoms with van der Waals surface area (Å²) >= 11 is 0. The minimum Gasteiger partial charge on any atom is -0.389 e. The van der Waals surface area contributed by atoms with Gasteiger partial charge in [-0.25, -0.2) is 0 Å². The Morgan fingerprint density at radius 1 is 0.518 bits per heavy atom.